The van der Waals surface area contributed by atoms with Gasteiger partial charge in [0.2, 0.25) is 0 Å². The van der Waals surface area contributed by atoms with E-state index in [0.29, 0.717) is 11.3 Å². The number of benzene rings is 1. The molecule has 7 heteroatoms. The fraction of sp³-hybridized carbons (Fsp3) is 0.562. The van der Waals surface area contributed by atoms with Gasteiger partial charge < -0.3 is 24.1 Å². The van der Waals surface area contributed by atoms with Gasteiger partial charge >= 0.3 is 7.12 Å². The van der Waals surface area contributed by atoms with Gasteiger partial charge in [-0.25, -0.2) is 0 Å². The van der Waals surface area contributed by atoms with Crippen LogP contribution in [0.15, 0.2) is 18.2 Å². The van der Waals surface area contributed by atoms with Crippen molar-refractivity contribution in [3.8, 4) is 5.75 Å². The third kappa shape index (κ3) is 3.52. The van der Waals surface area contributed by atoms with Crippen LogP contribution in [0.1, 0.15) is 38.1 Å². The van der Waals surface area contributed by atoms with Gasteiger partial charge in [0, 0.05) is 25.2 Å². The van der Waals surface area contributed by atoms with E-state index in [0.717, 1.165) is 5.46 Å². The Kier molecular flexibility index (Phi) is 5.03. The molecule has 0 atom stereocenters. The van der Waals surface area contributed by atoms with Gasteiger partial charge in [-0.15, -0.1) is 0 Å². The van der Waals surface area contributed by atoms with E-state index < -0.39 is 18.3 Å². The lowest BCUT2D eigenvalue weighted by molar-refractivity contribution is 0.00578. The number of hydrogen-bond acceptors (Lipinski definition) is 5. The smallest absolute Gasteiger partial charge is 0.468 e. The third-order valence-corrected chi connectivity index (χ3v) is 4.34. The van der Waals surface area contributed by atoms with Gasteiger partial charge in [-0.1, -0.05) is 6.07 Å². The molecule has 1 aromatic carbocycles. The average Bonchev–Trinajstić information content (AvgIpc) is 2.72. The molecule has 0 unspecified atom stereocenters. The molecule has 0 spiro atoms. The first kappa shape index (κ1) is 17.8. The second kappa shape index (κ2) is 6.51. The Balaban J connectivity index is 2.36. The van der Waals surface area contributed by atoms with E-state index in [1.54, 1.807) is 25.2 Å². The summed E-state index contributed by atoms with van der Waals surface area (Å²) in [6.07, 6.45) is 0. The van der Waals surface area contributed by atoms with Crippen LogP contribution in [0.25, 0.3) is 0 Å². The standard InChI is InChI=1S/C16H24BNO5/c1-15(2)16(3,4)23-17(22-15)12-8-7-11(14(19)18-5)9-13(12)21-10-20-6/h7-9H,10H2,1-6H3,(H,18,19). The molecule has 1 fully saturated rings. The first-order valence-electron chi connectivity index (χ1n) is 7.55. The molecule has 0 bridgehead atoms. The van der Waals surface area contributed by atoms with Crippen molar-refractivity contribution in [1.29, 1.82) is 0 Å². The topological polar surface area (TPSA) is 66.0 Å². The maximum absolute atomic E-state index is 11.8. The Hall–Kier alpha value is -1.57. The van der Waals surface area contributed by atoms with Crippen LogP contribution in [0.5, 0.6) is 5.75 Å². The number of ether oxygens (including phenoxy) is 2. The van der Waals surface area contributed by atoms with E-state index in [1.165, 1.54) is 7.11 Å². The summed E-state index contributed by atoms with van der Waals surface area (Å²) >= 11 is 0. The zero-order valence-corrected chi connectivity index (χ0v) is 14.6. The lowest BCUT2D eigenvalue weighted by Gasteiger charge is -2.32. The monoisotopic (exact) mass is 321 g/mol. The molecule has 1 aromatic rings. The normalized spacial score (nSPS) is 18.8. The van der Waals surface area contributed by atoms with E-state index in [9.17, 15) is 4.79 Å². The highest BCUT2D eigenvalue weighted by molar-refractivity contribution is 6.63. The largest absolute Gasteiger partial charge is 0.498 e. The van der Waals surface area contributed by atoms with Crippen molar-refractivity contribution in [2.45, 2.75) is 38.9 Å². The van der Waals surface area contributed by atoms with Crippen LogP contribution in [0.4, 0.5) is 0 Å². The minimum Gasteiger partial charge on any atom is -0.468 e. The van der Waals surface area contributed by atoms with Crippen molar-refractivity contribution < 1.29 is 23.6 Å². The molecule has 1 heterocycles. The van der Waals surface area contributed by atoms with Gasteiger partial charge in [-0.05, 0) is 39.8 Å². The Morgan fingerprint density at radius 1 is 1.22 bits per heavy atom. The Morgan fingerprint density at radius 3 is 2.35 bits per heavy atom. The minimum absolute atomic E-state index is 0.0731. The number of methoxy groups -OCH3 is 1. The second-order valence-electron chi connectivity index (χ2n) is 6.47. The number of carbonyl (C=O) groups excluding carboxylic acids is 1. The molecule has 0 saturated carbocycles. The van der Waals surface area contributed by atoms with Crippen molar-refractivity contribution in [3.63, 3.8) is 0 Å². The van der Waals surface area contributed by atoms with E-state index in [1.807, 2.05) is 27.7 Å². The minimum atomic E-state index is -0.564. The van der Waals surface area contributed by atoms with Crippen molar-refractivity contribution in [2.24, 2.45) is 0 Å². The highest BCUT2D eigenvalue weighted by Crippen LogP contribution is 2.37. The van der Waals surface area contributed by atoms with Crippen molar-refractivity contribution in [3.05, 3.63) is 23.8 Å². The Bertz CT molecular complexity index is 572. The van der Waals surface area contributed by atoms with Crippen LogP contribution in [-0.4, -0.2) is 45.2 Å². The zero-order valence-electron chi connectivity index (χ0n) is 14.6. The van der Waals surface area contributed by atoms with E-state index in [4.69, 9.17) is 18.8 Å². The predicted molar refractivity (Wildman–Crippen MR) is 88.1 cm³/mol. The van der Waals surface area contributed by atoms with Gasteiger partial charge in [0.05, 0.1) is 11.2 Å². The average molecular weight is 321 g/mol. The number of nitrogens with one attached hydrogen (secondary N) is 1. The van der Waals surface area contributed by atoms with Crippen LogP contribution in [0.3, 0.4) is 0 Å². The predicted octanol–water partition coefficient (Wildman–Crippen LogP) is 1.33. The molecular formula is C16H24BNO5. The number of amides is 1. The molecule has 1 N–H and O–H groups in total. The van der Waals surface area contributed by atoms with Gasteiger partial charge in [-0.3, -0.25) is 4.79 Å². The molecule has 23 heavy (non-hydrogen) atoms. The number of rotatable bonds is 5. The molecule has 2 rings (SSSR count). The van der Waals surface area contributed by atoms with Crippen LogP contribution in [0, 0.1) is 0 Å². The fourth-order valence-corrected chi connectivity index (χ4v) is 2.23. The van der Waals surface area contributed by atoms with Crippen molar-refractivity contribution in [1.82, 2.24) is 5.32 Å². The summed E-state index contributed by atoms with van der Waals surface area (Å²) in [5, 5.41) is 2.59. The summed E-state index contributed by atoms with van der Waals surface area (Å²) in [6.45, 7) is 8.02. The fourth-order valence-electron chi connectivity index (χ4n) is 2.23. The second-order valence-corrected chi connectivity index (χ2v) is 6.47. The SMILES string of the molecule is CNC(=O)c1ccc(B2OC(C)(C)C(C)(C)O2)c(OCOC)c1. The van der Waals surface area contributed by atoms with Gasteiger partial charge in [0.25, 0.3) is 5.91 Å². The maximum atomic E-state index is 11.8. The quantitative estimate of drug-likeness (QED) is 0.655. The van der Waals surface area contributed by atoms with Crippen molar-refractivity contribution in [2.75, 3.05) is 21.0 Å². The van der Waals surface area contributed by atoms with Crippen LogP contribution >= 0.6 is 0 Å². The van der Waals surface area contributed by atoms with Gasteiger partial charge in [0.15, 0.2) is 6.79 Å². The molecule has 1 saturated heterocycles. The zero-order chi connectivity index (χ0) is 17.3. The summed E-state index contributed by atoms with van der Waals surface area (Å²) in [7, 11) is 2.56. The number of carbonyl (C=O) groups is 1. The van der Waals surface area contributed by atoms with E-state index >= 15 is 0 Å². The molecule has 0 radical (unpaired) electrons. The summed E-state index contributed by atoms with van der Waals surface area (Å²) < 4.78 is 22.7. The number of hydrogen-bond donors (Lipinski definition) is 1. The highest BCUT2D eigenvalue weighted by atomic mass is 16.7. The summed E-state index contributed by atoms with van der Waals surface area (Å²) in [5.74, 6) is 0.319. The molecule has 1 aliphatic rings. The van der Waals surface area contributed by atoms with Crippen LogP contribution < -0.4 is 15.5 Å². The molecule has 1 amide bonds. The molecule has 0 aliphatic carbocycles. The van der Waals surface area contributed by atoms with Gasteiger partial charge in [-0.2, -0.15) is 0 Å². The van der Waals surface area contributed by atoms with Crippen molar-refractivity contribution >= 4 is 18.5 Å². The first-order valence-corrected chi connectivity index (χ1v) is 7.55. The Morgan fingerprint density at radius 2 is 1.83 bits per heavy atom. The van der Waals surface area contributed by atoms with Crippen LogP contribution in [-0.2, 0) is 14.0 Å². The lowest BCUT2D eigenvalue weighted by atomic mass is 9.78. The van der Waals surface area contributed by atoms with E-state index in [-0.39, 0.29) is 12.7 Å². The molecule has 126 valence electrons. The Labute approximate surface area is 137 Å². The molecule has 1 aliphatic heterocycles. The van der Waals surface area contributed by atoms with E-state index in [2.05, 4.69) is 5.32 Å². The van der Waals surface area contributed by atoms with Crippen LogP contribution in [0.2, 0.25) is 0 Å². The summed E-state index contributed by atoms with van der Waals surface area (Å²) in [6, 6.07) is 5.18. The molecule has 6 nitrogen and oxygen atoms in total. The molecule has 0 aromatic heterocycles. The third-order valence-electron chi connectivity index (χ3n) is 4.34. The first-order chi connectivity index (χ1) is 10.7. The molecular weight excluding hydrogens is 297 g/mol. The maximum Gasteiger partial charge on any atom is 0.498 e. The highest BCUT2D eigenvalue weighted by Gasteiger charge is 2.52. The summed E-state index contributed by atoms with van der Waals surface area (Å²) in [5.41, 5.74) is 0.331. The summed E-state index contributed by atoms with van der Waals surface area (Å²) in [4.78, 5) is 11.8. The van der Waals surface area contributed by atoms with Gasteiger partial charge in [0.1, 0.15) is 5.75 Å². The lowest BCUT2D eigenvalue weighted by Crippen LogP contribution is -2.41.